The summed E-state index contributed by atoms with van der Waals surface area (Å²) in [5.41, 5.74) is 0.413. The highest BCUT2D eigenvalue weighted by Crippen LogP contribution is 2.41. The highest BCUT2D eigenvalue weighted by Gasteiger charge is 2.39. The van der Waals surface area contributed by atoms with E-state index in [2.05, 4.69) is 15.9 Å². The van der Waals surface area contributed by atoms with Crippen LogP contribution in [0.4, 0.5) is 0 Å². The summed E-state index contributed by atoms with van der Waals surface area (Å²) in [5.74, 6) is 0.108. The van der Waals surface area contributed by atoms with Crippen LogP contribution in [0.15, 0.2) is 22.7 Å². The molecule has 1 N–H and O–H groups in total. The molecular weight excluding hydrogens is 308 g/mol. The van der Waals surface area contributed by atoms with E-state index < -0.39 is 11.4 Å². The fourth-order valence-electron chi connectivity index (χ4n) is 2.87. The predicted octanol–water partition coefficient (Wildman–Crippen LogP) is 4.04. The molecule has 0 atom stereocenters. The Morgan fingerprint density at radius 2 is 2.05 bits per heavy atom. The summed E-state index contributed by atoms with van der Waals surface area (Å²) in [6.45, 7) is 0. The van der Waals surface area contributed by atoms with Gasteiger partial charge in [0.1, 0.15) is 5.75 Å². The number of carboxylic acids is 1. The first-order valence-corrected chi connectivity index (χ1v) is 7.42. The summed E-state index contributed by atoms with van der Waals surface area (Å²) in [4.78, 5) is 11.7. The van der Waals surface area contributed by atoms with Crippen molar-refractivity contribution in [1.82, 2.24) is 0 Å². The SMILES string of the molecule is COc1ccc(Br)c(CC2(C(=O)O)CCCCC2)c1. The summed E-state index contributed by atoms with van der Waals surface area (Å²) in [7, 11) is 1.63. The number of methoxy groups -OCH3 is 1. The van der Waals surface area contributed by atoms with Gasteiger partial charge in [0.15, 0.2) is 0 Å². The van der Waals surface area contributed by atoms with E-state index in [1.807, 2.05) is 18.2 Å². The van der Waals surface area contributed by atoms with Crippen LogP contribution in [-0.4, -0.2) is 18.2 Å². The van der Waals surface area contributed by atoms with E-state index in [0.717, 1.165) is 47.9 Å². The largest absolute Gasteiger partial charge is 0.497 e. The highest BCUT2D eigenvalue weighted by molar-refractivity contribution is 9.10. The van der Waals surface area contributed by atoms with Crippen LogP contribution in [0.1, 0.15) is 37.7 Å². The first-order chi connectivity index (χ1) is 9.07. The number of carboxylic acid groups (broad SMARTS) is 1. The van der Waals surface area contributed by atoms with Gasteiger partial charge in [0.2, 0.25) is 0 Å². The van der Waals surface area contributed by atoms with E-state index in [9.17, 15) is 9.90 Å². The van der Waals surface area contributed by atoms with E-state index in [0.29, 0.717) is 6.42 Å². The molecule has 1 saturated carbocycles. The van der Waals surface area contributed by atoms with Gasteiger partial charge >= 0.3 is 5.97 Å². The molecule has 2 rings (SSSR count). The molecule has 1 aromatic carbocycles. The van der Waals surface area contributed by atoms with Gasteiger partial charge in [-0.15, -0.1) is 0 Å². The molecule has 3 nitrogen and oxygen atoms in total. The summed E-state index contributed by atoms with van der Waals surface area (Å²) in [6.07, 6.45) is 5.27. The van der Waals surface area contributed by atoms with Crippen LogP contribution in [0, 0.1) is 5.41 Å². The Hall–Kier alpha value is -1.03. The smallest absolute Gasteiger partial charge is 0.309 e. The van der Waals surface area contributed by atoms with Gasteiger partial charge in [0.25, 0.3) is 0 Å². The molecule has 0 aromatic heterocycles. The van der Waals surface area contributed by atoms with Gasteiger partial charge in [-0.3, -0.25) is 4.79 Å². The number of rotatable bonds is 4. The van der Waals surface area contributed by atoms with Gasteiger partial charge in [-0.1, -0.05) is 35.2 Å². The number of carbonyl (C=O) groups is 1. The quantitative estimate of drug-likeness (QED) is 0.908. The minimum absolute atomic E-state index is 0.570. The molecule has 0 aliphatic heterocycles. The van der Waals surface area contributed by atoms with E-state index in [1.165, 1.54) is 0 Å². The number of ether oxygens (including phenoxy) is 1. The third kappa shape index (κ3) is 3.11. The van der Waals surface area contributed by atoms with Gasteiger partial charge in [-0.05, 0) is 43.0 Å². The van der Waals surface area contributed by atoms with Crippen LogP contribution in [0.25, 0.3) is 0 Å². The molecule has 0 saturated heterocycles. The Morgan fingerprint density at radius 1 is 1.37 bits per heavy atom. The zero-order valence-corrected chi connectivity index (χ0v) is 12.7. The molecule has 0 amide bonds. The third-order valence-electron chi connectivity index (χ3n) is 4.05. The minimum Gasteiger partial charge on any atom is -0.497 e. The number of aliphatic carboxylic acids is 1. The third-order valence-corrected chi connectivity index (χ3v) is 4.82. The maximum atomic E-state index is 11.7. The molecule has 0 heterocycles. The van der Waals surface area contributed by atoms with Crippen LogP contribution in [0.3, 0.4) is 0 Å². The zero-order chi connectivity index (χ0) is 13.9. The van der Waals surface area contributed by atoms with Crippen LogP contribution in [0.2, 0.25) is 0 Å². The molecule has 0 unspecified atom stereocenters. The van der Waals surface area contributed by atoms with Crippen LogP contribution < -0.4 is 4.74 Å². The van der Waals surface area contributed by atoms with E-state index in [-0.39, 0.29) is 0 Å². The Morgan fingerprint density at radius 3 is 2.63 bits per heavy atom. The lowest BCUT2D eigenvalue weighted by Gasteiger charge is -2.33. The molecule has 0 bridgehead atoms. The van der Waals surface area contributed by atoms with Crippen LogP contribution in [-0.2, 0) is 11.2 Å². The van der Waals surface area contributed by atoms with Crippen molar-refractivity contribution in [3.05, 3.63) is 28.2 Å². The Kier molecular flexibility index (Phi) is 4.50. The van der Waals surface area contributed by atoms with Crippen molar-refractivity contribution in [3.8, 4) is 5.75 Å². The summed E-state index contributed by atoms with van der Waals surface area (Å²) in [6, 6.07) is 5.73. The van der Waals surface area contributed by atoms with Gasteiger partial charge in [-0.25, -0.2) is 0 Å². The molecule has 19 heavy (non-hydrogen) atoms. The minimum atomic E-state index is -0.665. The Bertz CT molecular complexity index is 464. The standard InChI is InChI=1S/C15H19BrO3/c1-19-12-5-6-13(16)11(9-12)10-15(14(17)18)7-3-2-4-8-15/h5-6,9H,2-4,7-8,10H2,1H3,(H,17,18). The molecule has 1 fully saturated rings. The van der Waals surface area contributed by atoms with Crippen molar-refractivity contribution >= 4 is 21.9 Å². The lowest BCUT2D eigenvalue weighted by atomic mass is 9.70. The summed E-state index contributed by atoms with van der Waals surface area (Å²) in [5, 5.41) is 9.62. The topological polar surface area (TPSA) is 46.5 Å². The van der Waals surface area contributed by atoms with Crippen molar-refractivity contribution in [1.29, 1.82) is 0 Å². The van der Waals surface area contributed by atoms with Gasteiger partial charge in [-0.2, -0.15) is 0 Å². The van der Waals surface area contributed by atoms with E-state index in [4.69, 9.17) is 4.74 Å². The Labute approximate surface area is 122 Å². The summed E-state index contributed by atoms with van der Waals surface area (Å²) >= 11 is 3.51. The first kappa shape index (κ1) is 14.4. The van der Waals surface area contributed by atoms with Gasteiger partial charge in [0.05, 0.1) is 12.5 Å². The number of benzene rings is 1. The van der Waals surface area contributed by atoms with Crippen LogP contribution >= 0.6 is 15.9 Å². The second-order valence-electron chi connectivity index (χ2n) is 5.28. The molecule has 4 heteroatoms. The first-order valence-electron chi connectivity index (χ1n) is 6.63. The molecular formula is C15H19BrO3. The lowest BCUT2D eigenvalue weighted by Crippen LogP contribution is -2.35. The average Bonchev–Trinajstić information content (AvgIpc) is 2.42. The van der Waals surface area contributed by atoms with E-state index >= 15 is 0 Å². The molecule has 104 valence electrons. The van der Waals surface area contributed by atoms with Crippen molar-refractivity contribution in [2.24, 2.45) is 5.41 Å². The van der Waals surface area contributed by atoms with E-state index in [1.54, 1.807) is 7.11 Å². The van der Waals surface area contributed by atoms with Gasteiger partial charge < -0.3 is 9.84 Å². The number of halogens is 1. The fourth-order valence-corrected chi connectivity index (χ4v) is 3.26. The van der Waals surface area contributed by atoms with Crippen LogP contribution in [0.5, 0.6) is 5.75 Å². The number of hydrogen-bond acceptors (Lipinski definition) is 2. The fraction of sp³-hybridized carbons (Fsp3) is 0.533. The molecule has 1 aromatic rings. The van der Waals surface area contributed by atoms with Crippen molar-refractivity contribution < 1.29 is 14.6 Å². The highest BCUT2D eigenvalue weighted by atomic mass is 79.9. The van der Waals surface area contributed by atoms with Crippen molar-refractivity contribution in [3.63, 3.8) is 0 Å². The maximum Gasteiger partial charge on any atom is 0.309 e. The maximum absolute atomic E-state index is 11.7. The predicted molar refractivity (Wildman–Crippen MR) is 77.6 cm³/mol. The Balaban J connectivity index is 2.28. The molecule has 0 radical (unpaired) electrons. The lowest BCUT2D eigenvalue weighted by molar-refractivity contribution is -0.151. The zero-order valence-electron chi connectivity index (χ0n) is 11.1. The monoisotopic (exact) mass is 326 g/mol. The average molecular weight is 327 g/mol. The molecule has 1 aliphatic carbocycles. The normalized spacial score (nSPS) is 18.0. The van der Waals surface area contributed by atoms with Crippen molar-refractivity contribution in [2.75, 3.05) is 7.11 Å². The van der Waals surface area contributed by atoms with Crippen molar-refractivity contribution in [2.45, 2.75) is 38.5 Å². The number of hydrogen-bond donors (Lipinski definition) is 1. The molecule has 1 aliphatic rings. The van der Waals surface area contributed by atoms with Gasteiger partial charge in [0, 0.05) is 4.47 Å². The second kappa shape index (κ2) is 5.95. The second-order valence-corrected chi connectivity index (χ2v) is 6.13. The summed E-state index contributed by atoms with van der Waals surface area (Å²) < 4.78 is 6.18. The molecule has 0 spiro atoms.